The van der Waals surface area contributed by atoms with Crippen molar-refractivity contribution in [3.05, 3.63) is 85.1 Å². The first-order chi connectivity index (χ1) is 31.7. The van der Waals surface area contributed by atoms with Crippen molar-refractivity contribution in [2.75, 3.05) is 13.2 Å². The van der Waals surface area contributed by atoms with Gasteiger partial charge in [-0.25, -0.2) is 0 Å². The molecule has 0 saturated carbocycles. The summed E-state index contributed by atoms with van der Waals surface area (Å²) in [4.78, 5) is 26.2. The van der Waals surface area contributed by atoms with Crippen molar-refractivity contribution in [2.24, 2.45) is 0 Å². The summed E-state index contributed by atoms with van der Waals surface area (Å²) in [6.45, 7) is 5.51. The number of hydrogen-bond acceptors (Lipinski definition) is 10. The molecule has 0 spiro atoms. The van der Waals surface area contributed by atoms with Gasteiger partial charge in [-0.15, -0.1) is 0 Å². The topological polar surface area (TPSA) is 175 Å². The highest BCUT2D eigenvalue weighted by atomic mass is 16.7. The Bertz CT molecular complexity index is 1370. The van der Waals surface area contributed by atoms with Gasteiger partial charge in [0.25, 0.3) is 0 Å². The van der Waals surface area contributed by atoms with E-state index in [0.717, 1.165) is 57.8 Å². The molecule has 6 N–H and O–H groups in total. The minimum atomic E-state index is -1.64. The molecule has 8 atom stereocenters. The first-order valence-electron chi connectivity index (χ1n) is 25.4. The van der Waals surface area contributed by atoms with Crippen molar-refractivity contribution in [3.63, 3.8) is 0 Å². The van der Waals surface area contributed by atoms with E-state index in [0.29, 0.717) is 12.8 Å². The van der Waals surface area contributed by atoms with E-state index in [1.807, 2.05) is 48.6 Å². The van der Waals surface area contributed by atoms with E-state index in [1.165, 1.54) is 77.0 Å². The van der Waals surface area contributed by atoms with Gasteiger partial charge in [0.1, 0.15) is 24.4 Å². The molecule has 0 aliphatic carbocycles. The van der Waals surface area contributed by atoms with Crippen LogP contribution in [0.2, 0.25) is 0 Å². The fourth-order valence-corrected chi connectivity index (χ4v) is 7.29. The van der Waals surface area contributed by atoms with Gasteiger partial charge in [0.05, 0.1) is 25.4 Å². The third-order valence-electron chi connectivity index (χ3n) is 11.4. The van der Waals surface area contributed by atoms with Crippen LogP contribution >= 0.6 is 0 Å². The number of aliphatic hydroxyl groups excluding tert-OH is 5. The molecule has 11 nitrogen and oxygen atoms in total. The minimum Gasteiger partial charge on any atom is -0.454 e. The van der Waals surface area contributed by atoms with Crippen molar-refractivity contribution in [3.8, 4) is 0 Å². The number of aliphatic hydroxyl groups is 5. The summed E-state index contributed by atoms with van der Waals surface area (Å²) in [7, 11) is 0. The summed E-state index contributed by atoms with van der Waals surface area (Å²) in [5, 5.41) is 56.4. The van der Waals surface area contributed by atoms with Crippen molar-refractivity contribution in [1.29, 1.82) is 0 Å². The summed E-state index contributed by atoms with van der Waals surface area (Å²) in [6.07, 6.45) is 42.4. The Hall–Kier alpha value is -3.16. The Balaban J connectivity index is 2.86. The normalized spacial score (nSPS) is 21.0. The van der Waals surface area contributed by atoms with Gasteiger partial charge in [-0.1, -0.05) is 196 Å². The van der Waals surface area contributed by atoms with Gasteiger partial charge < -0.3 is 45.1 Å². The van der Waals surface area contributed by atoms with Crippen LogP contribution in [0.5, 0.6) is 0 Å². The molecule has 0 aromatic rings. The lowest BCUT2D eigenvalue weighted by Crippen LogP contribution is -2.61. The van der Waals surface area contributed by atoms with Crippen molar-refractivity contribution >= 4 is 11.9 Å². The van der Waals surface area contributed by atoms with Crippen molar-refractivity contribution in [1.82, 2.24) is 5.32 Å². The maximum Gasteiger partial charge on any atom is 0.306 e. The SMILES string of the molecule is CC/C=C/C=C/C=C\C=C/CCCCCC(=O)OC1C(OCC(NC(=O)C(O)C/C=C/C/C=C\CCCCCCCC)C(O)/C=C/CCCCCCCCCCC)OC(CO)C(O)C1O. The van der Waals surface area contributed by atoms with Gasteiger partial charge in [-0.2, -0.15) is 0 Å². The number of nitrogens with one attached hydrogen (secondary N) is 1. The van der Waals surface area contributed by atoms with Gasteiger partial charge in [0.2, 0.25) is 5.91 Å². The Morgan fingerprint density at radius 1 is 0.631 bits per heavy atom. The summed E-state index contributed by atoms with van der Waals surface area (Å²) in [5.74, 6) is -1.32. The van der Waals surface area contributed by atoms with Crippen LogP contribution in [-0.4, -0.2) is 99.6 Å². The first kappa shape index (κ1) is 59.9. The van der Waals surface area contributed by atoms with Crippen LogP contribution in [-0.2, 0) is 23.8 Å². The molecule has 1 saturated heterocycles. The number of carbonyl (C=O) groups is 2. The summed E-state index contributed by atoms with van der Waals surface area (Å²) >= 11 is 0. The second-order valence-corrected chi connectivity index (χ2v) is 17.3. The average molecular weight is 914 g/mol. The first-order valence-corrected chi connectivity index (χ1v) is 25.4. The standard InChI is InChI=1S/C54H91NO10/c1-4-7-10-13-16-19-22-24-27-30-33-36-39-42-49(59)65-52-51(61)50(60)48(43-56)64-54(52)63-44-45(46(57)40-37-34-31-28-25-21-18-15-12-9-6-3)55-53(62)47(58)41-38-35-32-29-26-23-20-17-14-11-8-5-2/h7,10,13,16,19,22,24,26-27,29,35,37-38,40,45-48,50-52,54,56-58,60-61H,4-6,8-9,11-12,14-15,17-18,20-21,23,25,28,30-34,36,39,41-44H2,1-3H3,(H,55,62)/b10-7+,16-13+,22-19-,27-24-,29-26-,38-35+,40-37+. The molecule has 1 fully saturated rings. The zero-order chi connectivity index (χ0) is 47.6. The number of allylic oxidation sites excluding steroid dienone is 12. The van der Waals surface area contributed by atoms with Gasteiger partial charge >= 0.3 is 5.97 Å². The van der Waals surface area contributed by atoms with E-state index < -0.39 is 67.4 Å². The molecule has 1 amide bonds. The molecule has 11 heteroatoms. The molecule has 1 heterocycles. The maximum atomic E-state index is 13.3. The van der Waals surface area contributed by atoms with Crippen molar-refractivity contribution in [2.45, 2.75) is 230 Å². The highest BCUT2D eigenvalue weighted by molar-refractivity contribution is 5.81. The molecule has 65 heavy (non-hydrogen) atoms. The molecule has 0 aromatic carbocycles. The molecule has 1 rings (SSSR count). The molecule has 1 aliphatic rings. The fourth-order valence-electron chi connectivity index (χ4n) is 7.29. The third kappa shape index (κ3) is 31.4. The van der Waals surface area contributed by atoms with Crippen LogP contribution in [0.1, 0.15) is 181 Å². The molecule has 1 aliphatic heterocycles. The molecule has 0 radical (unpaired) electrons. The second-order valence-electron chi connectivity index (χ2n) is 17.3. The molecule has 372 valence electrons. The summed E-state index contributed by atoms with van der Waals surface area (Å²) < 4.78 is 17.4. The Kier molecular flexibility index (Phi) is 38.9. The smallest absolute Gasteiger partial charge is 0.306 e. The Labute approximate surface area is 393 Å². The third-order valence-corrected chi connectivity index (χ3v) is 11.4. The van der Waals surface area contributed by atoms with Gasteiger partial charge in [0.15, 0.2) is 12.4 Å². The molecule has 8 unspecified atom stereocenters. The summed E-state index contributed by atoms with van der Waals surface area (Å²) in [5.41, 5.74) is 0. The number of ether oxygens (including phenoxy) is 3. The zero-order valence-corrected chi connectivity index (χ0v) is 40.6. The lowest BCUT2D eigenvalue weighted by atomic mass is 9.99. The highest BCUT2D eigenvalue weighted by Gasteiger charge is 2.47. The average Bonchev–Trinajstić information content (AvgIpc) is 3.30. The molecule has 0 bridgehead atoms. The lowest BCUT2D eigenvalue weighted by Gasteiger charge is -2.41. The predicted molar refractivity (Wildman–Crippen MR) is 264 cm³/mol. The van der Waals surface area contributed by atoms with Crippen LogP contribution in [0.15, 0.2) is 85.1 Å². The van der Waals surface area contributed by atoms with Gasteiger partial charge in [-0.05, 0) is 57.8 Å². The Morgan fingerprint density at radius 3 is 1.78 bits per heavy atom. The maximum absolute atomic E-state index is 13.3. The number of rotatable bonds is 40. The van der Waals surface area contributed by atoms with Gasteiger partial charge in [-0.3, -0.25) is 9.59 Å². The lowest BCUT2D eigenvalue weighted by molar-refractivity contribution is -0.305. The Morgan fingerprint density at radius 2 is 1.17 bits per heavy atom. The second kappa shape index (κ2) is 42.2. The molecular weight excluding hydrogens is 823 g/mol. The number of esters is 1. The van der Waals surface area contributed by atoms with Crippen LogP contribution < -0.4 is 5.32 Å². The van der Waals surface area contributed by atoms with E-state index >= 15 is 0 Å². The molecular formula is C54H91NO10. The number of hydrogen-bond donors (Lipinski definition) is 6. The minimum absolute atomic E-state index is 0.0676. The van der Waals surface area contributed by atoms with E-state index in [2.05, 4.69) is 50.4 Å². The quantitative estimate of drug-likeness (QED) is 0.0150. The largest absolute Gasteiger partial charge is 0.454 e. The summed E-state index contributed by atoms with van der Waals surface area (Å²) in [6, 6.07) is -1.06. The van der Waals surface area contributed by atoms with E-state index in [9.17, 15) is 35.1 Å². The van der Waals surface area contributed by atoms with E-state index in [1.54, 1.807) is 12.2 Å². The fraction of sp³-hybridized carbons (Fsp3) is 0.704. The monoisotopic (exact) mass is 914 g/mol. The van der Waals surface area contributed by atoms with Crippen LogP contribution in [0.25, 0.3) is 0 Å². The van der Waals surface area contributed by atoms with Crippen LogP contribution in [0.3, 0.4) is 0 Å². The number of carbonyl (C=O) groups excluding carboxylic acids is 2. The van der Waals surface area contributed by atoms with Gasteiger partial charge in [0, 0.05) is 12.8 Å². The number of amides is 1. The van der Waals surface area contributed by atoms with E-state index in [-0.39, 0.29) is 19.4 Å². The highest BCUT2D eigenvalue weighted by Crippen LogP contribution is 2.26. The number of unbranched alkanes of at least 4 members (excludes halogenated alkanes) is 18. The van der Waals surface area contributed by atoms with Crippen molar-refractivity contribution < 1.29 is 49.3 Å². The predicted octanol–water partition coefficient (Wildman–Crippen LogP) is 10.3. The van der Waals surface area contributed by atoms with E-state index in [4.69, 9.17) is 14.2 Å². The molecule has 0 aromatic heterocycles. The van der Waals surface area contributed by atoms with Crippen LogP contribution in [0.4, 0.5) is 0 Å². The van der Waals surface area contributed by atoms with Crippen LogP contribution in [0, 0.1) is 0 Å². The zero-order valence-electron chi connectivity index (χ0n) is 40.6.